The summed E-state index contributed by atoms with van der Waals surface area (Å²) in [6, 6.07) is 7.54. The largest absolute Gasteiger partial charge is 0.307 e. The second kappa shape index (κ2) is 6.49. The SMILES string of the molecule is CC(N[C@H](C)c1cccc(F)c1)C1CCCN(C)C1. The summed E-state index contributed by atoms with van der Waals surface area (Å²) in [5.74, 6) is 0.533. The second-order valence-electron chi connectivity index (χ2n) is 5.90. The summed E-state index contributed by atoms with van der Waals surface area (Å²) in [7, 11) is 2.19. The van der Waals surface area contributed by atoms with Gasteiger partial charge in [-0.05, 0) is 63.9 Å². The predicted octanol–water partition coefficient (Wildman–Crippen LogP) is 3.21. The molecule has 1 aromatic rings. The number of benzene rings is 1. The zero-order valence-corrected chi connectivity index (χ0v) is 12.2. The smallest absolute Gasteiger partial charge is 0.123 e. The van der Waals surface area contributed by atoms with Gasteiger partial charge in [-0.15, -0.1) is 0 Å². The number of rotatable bonds is 4. The Hall–Kier alpha value is -0.930. The van der Waals surface area contributed by atoms with Crippen molar-refractivity contribution in [3.05, 3.63) is 35.6 Å². The van der Waals surface area contributed by atoms with Gasteiger partial charge in [0.05, 0.1) is 0 Å². The van der Waals surface area contributed by atoms with Crippen LogP contribution >= 0.6 is 0 Å². The van der Waals surface area contributed by atoms with Crippen LogP contribution < -0.4 is 5.32 Å². The molecule has 1 fully saturated rings. The maximum atomic E-state index is 13.2. The minimum absolute atomic E-state index is 0.156. The van der Waals surface area contributed by atoms with Crippen molar-refractivity contribution in [3.8, 4) is 0 Å². The molecule has 0 saturated carbocycles. The highest BCUT2D eigenvalue weighted by atomic mass is 19.1. The minimum Gasteiger partial charge on any atom is -0.307 e. The minimum atomic E-state index is -0.156. The van der Waals surface area contributed by atoms with Crippen LogP contribution in [0.3, 0.4) is 0 Å². The van der Waals surface area contributed by atoms with Crippen molar-refractivity contribution in [2.75, 3.05) is 20.1 Å². The predicted molar refractivity (Wildman–Crippen MR) is 77.6 cm³/mol. The van der Waals surface area contributed by atoms with Crippen LogP contribution in [0.5, 0.6) is 0 Å². The summed E-state index contributed by atoms with van der Waals surface area (Å²) < 4.78 is 13.2. The van der Waals surface area contributed by atoms with Crippen LogP contribution in [0.25, 0.3) is 0 Å². The molecule has 0 aliphatic carbocycles. The molecule has 0 spiro atoms. The van der Waals surface area contributed by atoms with E-state index in [1.807, 2.05) is 6.07 Å². The summed E-state index contributed by atoms with van der Waals surface area (Å²) in [5, 5.41) is 3.62. The standard InChI is InChI=1S/C16H25FN2/c1-12(14-6-4-8-16(17)10-14)18-13(2)15-7-5-9-19(3)11-15/h4,6,8,10,12-13,15,18H,5,7,9,11H2,1-3H3/t12-,13?,15?/m1/s1. The third-order valence-corrected chi connectivity index (χ3v) is 4.23. The maximum absolute atomic E-state index is 13.2. The first-order chi connectivity index (χ1) is 9.06. The molecule has 0 amide bonds. The van der Waals surface area contributed by atoms with Crippen LogP contribution in [0.1, 0.15) is 38.3 Å². The number of likely N-dealkylation sites (tertiary alicyclic amines) is 1. The number of nitrogens with zero attached hydrogens (tertiary/aromatic N) is 1. The Morgan fingerprint density at radius 2 is 2.16 bits per heavy atom. The van der Waals surface area contributed by atoms with Gasteiger partial charge in [0.2, 0.25) is 0 Å². The van der Waals surface area contributed by atoms with E-state index in [0.29, 0.717) is 12.0 Å². The summed E-state index contributed by atoms with van der Waals surface area (Å²) in [5.41, 5.74) is 1.02. The fourth-order valence-electron chi connectivity index (χ4n) is 3.02. The molecule has 1 aromatic carbocycles. The van der Waals surface area contributed by atoms with Crippen molar-refractivity contribution < 1.29 is 4.39 Å². The van der Waals surface area contributed by atoms with Gasteiger partial charge in [-0.1, -0.05) is 12.1 Å². The molecule has 1 saturated heterocycles. The molecule has 3 atom stereocenters. The van der Waals surface area contributed by atoms with Gasteiger partial charge < -0.3 is 10.2 Å². The Balaban J connectivity index is 1.92. The molecule has 1 N–H and O–H groups in total. The quantitative estimate of drug-likeness (QED) is 0.898. The molecule has 0 radical (unpaired) electrons. The number of halogens is 1. The summed E-state index contributed by atoms with van der Waals surface area (Å²) >= 11 is 0. The van der Waals surface area contributed by atoms with Crippen molar-refractivity contribution in [2.45, 2.75) is 38.8 Å². The first kappa shape index (κ1) is 14.5. The van der Waals surface area contributed by atoms with Crippen molar-refractivity contribution >= 4 is 0 Å². The Morgan fingerprint density at radius 3 is 2.84 bits per heavy atom. The number of hydrogen-bond donors (Lipinski definition) is 1. The van der Waals surface area contributed by atoms with Gasteiger partial charge in [0.1, 0.15) is 5.82 Å². The highest BCUT2D eigenvalue weighted by Crippen LogP contribution is 2.21. The van der Waals surface area contributed by atoms with Crippen molar-refractivity contribution in [3.63, 3.8) is 0 Å². The lowest BCUT2D eigenvalue weighted by molar-refractivity contribution is 0.174. The Kier molecular flexibility index (Phi) is 4.94. The molecular weight excluding hydrogens is 239 g/mol. The second-order valence-corrected chi connectivity index (χ2v) is 5.90. The first-order valence-electron chi connectivity index (χ1n) is 7.26. The van der Waals surface area contributed by atoms with Crippen LogP contribution in [-0.2, 0) is 0 Å². The topological polar surface area (TPSA) is 15.3 Å². The van der Waals surface area contributed by atoms with Gasteiger partial charge >= 0.3 is 0 Å². The fraction of sp³-hybridized carbons (Fsp3) is 0.625. The molecular formula is C16H25FN2. The first-order valence-corrected chi connectivity index (χ1v) is 7.26. The van der Waals surface area contributed by atoms with Gasteiger partial charge in [0, 0.05) is 18.6 Å². The highest BCUT2D eigenvalue weighted by molar-refractivity contribution is 5.19. The zero-order valence-electron chi connectivity index (χ0n) is 12.2. The third-order valence-electron chi connectivity index (χ3n) is 4.23. The summed E-state index contributed by atoms with van der Waals surface area (Å²) in [4.78, 5) is 2.40. The van der Waals surface area contributed by atoms with E-state index >= 15 is 0 Å². The zero-order chi connectivity index (χ0) is 13.8. The molecule has 2 nitrogen and oxygen atoms in total. The lowest BCUT2D eigenvalue weighted by Gasteiger charge is -2.35. The van der Waals surface area contributed by atoms with E-state index in [-0.39, 0.29) is 11.9 Å². The van der Waals surface area contributed by atoms with Gasteiger partial charge in [0.15, 0.2) is 0 Å². The molecule has 19 heavy (non-hydrogen) atoms. The van der Waals surface area contributed by atoms with Crippen LogP contribution in [0, 0.1) is 11.7 Å². The van der Waals surface area contributed by atoms with Gasteiger partial charge in [-0.25, -0.2) is 4.39 Å². The average Bonchev–Trinajstić information content (AvgIpc) is 2.38. The van der Waals surface area contributed by atoms with Gasteiger partial charge in [-0.2, -0.15) is 0 Å². The number of piperidine rings is 1. The molecule has 1 heterocycles. The molecule has 1 aliphatic heterocycles. The lowest BCUT2D eigenvalue weighted by atomic mass is 9.91. The molecule has 2 unspecified atom stereocenters. The average molecular weight is 264 g/mol. The Bertz CT molecular complexity index is 407. The Morgan fingerprint density at radius 1 is 1.37 bits per heavy atom. The van der Waals surface area contributed by atoms with E-state index in [0.717, 1.165) is 12.1 Å². The van der Waals surface area contributed by atoms with Gasteiger partial charge in [-0.3, -0.25) is 0 Å². The molecule has 106 valence electrons. The van der Waals surface area contributed by atoms with Crippen LogP contribution in [0.15, 0.2) is 24.3 Å². The summed E-state index contributed by atoms with van der Waals surface area (Å²) in [6.07, 6.45) is 2.57. The van der Waals surface area contributed by atoms with E-state index in [1.54, 1.807) is 12.1 Å². The maximum Gasteiger partial charge on any atom is 0.123 e. The normalized spacial score (nSPS) is 24.1. The van der Waals surface area contributed by atoms with E-state index in [9.17, 15) is 4.39 Å². The fourth-order valence-corrected chi connectivity index (χ4v) is 3.02. The molecule has 3 heteroatoms. The number of nitrogens with one attached hydrogen (secondary N) is 1. The lowest BCUT2D eigenvalue weighted by Crippen LogP contribution is -2.43. The van der Waals surface area contributed by atoms with Gasteiger partial charge in [0.25, 0.3) is 0 Å². The molecule has 1 aliphatic rings. The summed E-state index contributed by atoms with van der Waals surface area (Å²) in [6.45, 7) is 6.73. The van der Waals surface area contributed by atoms with E-state index in [4.69, 9.17) is 0 Å². The third kappa shape index (κ3) is 4.02. The van der Waals surface area contributed by atoms with E-state index in [2.05, 4.69) is 31.1 Å². The molecule has 0 bridgehead atoms. The number of hydrogen-bond acceptors (Lipinski definition) is 2. The molecule has 0 aromatic heterocycles. The van der Waals surface area contributed by atoms with Crippen LogP contribution in [0.2, 0.25) is 0 Å². The highest BCUT2D eigenvalue weighted by Gasteiger charge is 2.23. The van der Waals surface area contributed by atoms with E-state index < -0.39 is 0 Å². The van der Waals surface area contributed by atoms with Crippen molar-refractivity contribution in [1.82, 2.24) is 10.2 Å². The molecule has 2 rings (SSSR count). The van der Waals surface area contributed by atoms with Crippen LogP contribution in [-0.4, -0.2) is 31.1 Å². The monoisotopic (exact) mass is 264 g/mol. The Labute approximate surface area is 116 Å². The van der Waals surface area contributed by atoms with E-state index in [1.165, 1.54) is 25.5 Å². The van der Waals surface area contributed by atoms with Crippen molar-refractivity contribution in [1.29, 1.82) is 0 Å². The van der Waals surface area contributed by atoms with Crippen LogP contribution in [0.4, 0.5) is 4.39 Å². The van der Waals surface area contributed by atoms with Crippen molar-refractivity contribution in [2.24, 2.45) is 5.92 Å².